The van der Waals surface area contributed by atoms with Crippen LogP contribution >= 0.6 is 11.3 Å². The van der Waals surface area contributed by atoms with Crippen molar-refractivity contribution in [1.82, 2.24) is 20.4 Å². The summed E-state index contributed by atoms with van der Waals surface area (Å²) < 4.78 is 5.01. The Bertz CT molecular complexity index is 422. The number of aromatic nitrogens is 3. The average Bonchev–Trinajstić information content (AvgIpc) is 2.74. The highest BCUT2D eigenvalue weighted by atomic mass is 32.1. The summed E-state index contributed by atoms with van der Waals surface area (Å²) in [5.41, 5.74) is 0.776. The minimum absolute atomic E-state index is 0.555. The highest BCUT2D eigenvalue weighted by Crippen LogP contribution is 2.18. The fraction of sp³-hybridized carbons (Fsp3) is 0.375. The van der Waals surface area contributed by atoms with Crippen molar-refractivity contribution >= 4 is 11.3 Å². The number of nitrogens with one attached hydrogen (secondary N) is 1. The molecule has 2 aromatic heterocycles. The third-order valence-electron chi connectivity index (χ3n) is 1.64. The second-order valence-corrected chi connectivity index (χ2v) is 3.86. The molecule has 0 fully saturated rings. The fourth-order valence-corrected chi connectivity index (χ4v) is 1.64. The lowest BCUT2D eigenvalue weighted by Crippen LogP contribution is -2.04. The lowest BCUT2D eigenvalue weighted by molar-refractivity contribution is 0.372. The van der Waals surface area contributed by atoms with Crippen molar-refractivity contribution in [1.29, 1.82) is 0 Å². The molecule has 0 aliphatic rings. The molecule has 74 valence electrons. The van der Waals surface area contributed by atoms with Gasteiger partial charge in [-0.15, -0.1) is 11.3 Å². The number of rotatable bonds is 3. The number of nitrogens with zero attached hydrogens (tertiary/aromatic N) is 3. The summed E-state index contributed by atoms with van der Waals surface area (Å²) in [5, 5.41) is 9.70. The first-order valence-electron chi connectivity index (χ1n) is 4.19. The molecule has 5 nitrogen and oxygen atoms in total. The Morgan fingerprint density at radius 2 is 2.36 bits per heavy atom. The number of hydrogen-bond donors (Lipinski definition) is 1. The van der Waals surface area contributed by atoms with Crippen LogP contribution in [0.4, 0.5) is 0 Å². The van der Waals surface area contributed by atoms with Crippen LogP contribution in [-0.4, -0.2) is 22.2 Å². The van der Waals surface area contributed by atoms with E-state index in [1.807, 2.05) is 19.4 Å². The SMILES string of the molecule is CNCc1nc(-c2csc(C)n2)no1. The summed E-state index contributed by atoms with van der Waals surface area (Å²) in [4.78, 5) is 8.45. The van der Waals surface area contributed by atoms with E-state index in [1.54, 1.807) is 11.3 Å². The first-order valence-corrected chi connectivity index (χ1v) is 5.07. The van der Waals surface area contributed by atoms with Crippen LogP contribution in [0.2, 0.25) is 0 Å². The highest BCUT2D eigenvalue weighted by Gasteiger charge is 2.09. The molecule has 1 N–H and O–H groups in total. The van der Waals surface area contributed by atoms with Crippen LogP contribution in [0, 0.1) is 6.92 Å². The maximum atomic E-state index is 5.01. The molecule has 0 saturated heterocycles. The van der Waals surface area contributed by atoms with E-state index in [4.69, 9.17) is 4.52 Å². The molecule has 6 heteroatoms. The van der Waals surface area contributed by atoms with E-state index >= 15 is 0 Å². The largest absolute Gasteiger partial charge is 0.337 e. The monoisotopic (exact) mass is 210 g/mol. The van der Waals surface area contributed by atoms with E-state index in [2.05, 4.69) is 20.4 Å². The summed E-state index contributed by atoms with van der Waals surface area (Å²) >= 11 is 1.57. The Balaban J connectivity index is 2.24. The van der Waals surface area contributed by atoms with Gasteiger partial charge < -0.3 is 9.84 Å². The van der Waals surface area contributed by atoms with Crippen LogP contribution in [0.15, 0.2) is 9.90 Å². The van der Waals surface area contributed by atoms with Crippen LogP contribution < -0.4 is 5.32 Å². The first kappa shape index (κ1) is 9.29. The predicted octanol–water partition coefficient (Wildman–Crippen LogP) is 1.22. The molecule has 2 aromatic rings. The third-order valence-corrected chi connectivity index (χ3v) is 2.42. The Hall–Kier alpha value is -1.27. The van der Waals surface area contributed by atoms with Gasteiger partial charge in [-0.1, -0.05) is 5.16 Å². The third kappa shape index (κ3) is 1.80. The van der Waals surface area contributed by atoms with Gasteiger partial charge in [-0.05, 0) is 14.0 Å². The number of hydrogen-bond acceptors (Lipinski definition) is 6. The van der Waals surface area contributed by atoms with Crippen molar-refractivity contribution in [3.05, 3.63) is 16.3 Å². The summed E-state index contributed by atoms with van der Waals surface area (Å²) in [6, 6.07) is 0. The molecule has 0 spiro atoms. The topological polar surface area (TPSA) is 63.8 Å². The van der Waals surface area contributed by atoms with Gasteiger partial charge in [-0.3, -0.25) is 0 Å². The predicted molar refractivity (Wildman–Crippen MR) is 52.9 cm³/mol. The summed E-state index contributed by atoms with van der Waals surface area (Å²) in [6.07, 6.45) is 0. The van der Waals surface area contributed by atoms with Gasteiger partial charge in [0.1, 0.15) is 5.69 Å². The zero-order valence-electron chi connectivity index (χ0n) is 7.94. The van der Waals surface area contributed by atoms with Crippen molar-refractivity contribution in [3.8, 4) is 11.5 Å². The standard InChI is InChI=1S/C8H10N4OS/c1-5-10-6(4-14-5)8-11-7(3-9-2)13-12-8/h4,9H,3H2,1-2H3. The Morgan fingerprint density at radius 1 is 1.50 bits per heavy atom. The zero-order chi connectivity index (χ0) is 9.97. The number of thiazole rings is 1. The molecule has 0 radical (unpaired) electrons. The maximum absolute atomic E-state index is 5.01. The molecule has 0 aromatic carbocycles. The highest BCUT2D eigenvalue weighted by molar-refractivity contribution is 7.09. The molecule has 14 heavy (non-hydrogen) atoms. The van der Waals surface area contributed by atoms with Gasteiger partial charge in [-0.25, -0.2) is 4.98 Å². The van der Waals surface area contributed by atoms with Gasteiger partial charge in [0, 0.05) is 5.38 Å². The van der Waals surface area contributed by atoms with E-state index in [-0.39, 0.29) is 0 Å². The van der Waals surface area contributed by atoms with E-state index < -0.39 is 0 Å². The van der Waals surface area contributed by atoms with Crippen LogP contribution in [0.25, 0.3) is 11.5 Å². The summed E-state index contributed by atoms with van der Waals surface area (Å²) in [6.45, 7) is 2.53. The summed E-state index contributed by atoms with van der Waals surface area (Å²) in [5.74, 6) is 1.13. The minimum Gasteiger partial charge on any atom is -0.337 e. The molecule has 0 bridgehead atoms. The molecular formula is C8H10N4OS. The van der Waals surface area contributed by atoms with Gasteiger partial charge in [0.05, 0.1) is 11.6 Å². The molecule has 2 rings (SSSR count). The van der Waals surface area contributed by atoms with Crippen molar-refractivity contribution in [3.63, 3.8) is 0 Å². The maximum Gasteiger partial charge on any atom is 0.240 e. The van der Waals surface area contributed by atoms with Crippen molar-refractivity contribution in [2.45, 2.75) is 13.5 Å². The fourth-order valence-electron chi connectivity index (χ4n) is 1.05. The van der Waals surface area contributed by atoms with Crippen LogP contribution in [0.3, 0.4) is 0 Å². The number of aryl methyl sites for hydroxylation is 1. The lowest BCUT2D eigenvalue weighted by Gasteiger charge is -1.86. The van der Waals surface area contributed by atoms with Crippen LogP contribution in [0.1, 0.15) is 10.9 Å². The van der Waals surface area contributed by atoms with Gasteiger partial charge in [0.25, 0.3) is 0 Å². The smallest absolute Gasteiger partial charge is 0.240 e. The van der Waals surface area contributed by atoms with E-state index in [9.17, 15) is 0 Å². The lowest BCUT2D eigenvalue weighted by atomic mass is 10.5. The molecule has 0 amide bonds. The molecule has 2 heterocycles. The molecule has 0 atom stereocenters. The van der Waals surface area contributed by atoms with E-state index in [0.717, 1.165) is 10.7 Å². The Labute approximate surface area is 85.2 Å². The van der Waals surface area contributed by atoms with Crippen LogP contribution in [-0.2, 0) is 6.54 Å². The van der Waals surface area contributed by atoms with Crippen molar-refractivity contribution < 1.29 is 4.52 Å². The normalized spacial score (nSPS) is 10.7. The zero-order valence-corrected chi connectivity index (χ0v) is 8.76. The second-order valence-electron chi connectivity index (χ2n) is 2.79. The van der Waals surface area contributed by atoms with Gasteiger partial charge in [0.2, 0.25) is 11.7 Å². The summed E-state index contributed by atoms with van der Waals surface area (Å²) in [7, 11) is 1.83. The van der Waals surface area contributed by atoms with E-state index in [1.165, 1.54) is 0 Å². The van der Waals surface area contributed by atoms with Crippen molar-refractivity contribution in [2.24, 2.45) is 0 Å². The molecule has 0 aliphatic heterocycles. The Morgan fingerprint density at radius 3 is 3.00 bits per heavy atom. The average molecular weight is 210 g/mol. The van der Waals surface area contributed by atoms with Gasteiger partial charge in [-0.2, -0.15) is 4.98 Å². The molecular weight excluding hydrogens is 200 g/mol. The van der Waals surface area contributed by atoms with Gasteiger partial charge >= 0.3 is 0 Å². The van der Waals surface area contributed by atoms with Crippen molar-refractivity contribution in [2.75, 3.05) is 7.05 Å². The van der Waals surface area contributed by atoms with Crippen LogP contribution in [0.5, 0.6) is 0 Å². The second kappa shape index (κ2) is 3.85. The Kier molecular flexibility index (Phi) is 2.55. The van der Waals surface area contributed by atoms with E-state index in [0.29, 0.717) is 18.3 Å². The van der Waals surface area contributed by atoms with Gasteiger partial charge in [0.15, 0.2) is 0 Å². The molecule has 0 aliphatic carbocycles. The quantitative estimate of drug-likeness (QED) is 0.825. The molecule has 0 unspecified atom stereocenters. The first-order chi connectivity index (χ1) is 6.79. The molecule has 0 saturated carbocycles. The minimum atomic E-state index is 0.555.